The Kier molecular flexibility index (Phi) is 4.45. The number of nitrogens with zero attached hydrogens (tertiary/aromatic N) is 2. The van der Waals surface area contributed by atoms with E-state index in [1.54, 1.807) is 0 Å². The molecule has 2 aromatic rings. The van der Waals surface area contributed by atoms with Gasteiger partial charge in [0, 0.05) is 28.3 Å². The molecule has 5 heteroatoms. The number of hydrogen-bond donors (Lipinski definition) is 1. The molecule has 0 atom stereocenters. The Bertz CT molecular complexity index is 673. The molecule has 1 aromatic carbocycles. The number of benzene rings is 1. The van der Waals surface area contributed by atoms with Gasteiger partial charge in [-0.1, -0.05) is 18.0 Å². The molecule has 0 radical (unpaired) electrons. The monoisotopic (exact) mass is 365 g/mol. The summed E-state index contributed by atoms with van der Waals surface area (Å²) < 4.78 is 0.867. The van der Waals surface area contributed by atoms with Gasteiger partial charge in [0.2, 0.25) is 0 Å². The quantitative estimate of drug-likeness (QED) is 0.770. The normalized spacial score (nSPS) is 14.4. The zero-order valence-electron chi connectivity index (χ0n) is 11.9. The van der Waals surface area contributed by atoms with Gasteiger partial charge < -0.3 is 5.32 Å². The second kappa shape index (κ2) is 6.32. The van der Waals surface area contributed by atoms with Gasteiger partial charge in [0.15, 0.2) is 5.82 Å². The number of halogens is 2. The van der Waals surface area contributed by atoms with E-state index in [-0.39, 0.29) is 0 Å². The number of nitrogens with one attached hydrogen (secondary N) is 1. The Labute approximate surface area is 138 Å². The van der Waals surface area contributed by atoms with Crippen LogP contribution in [-0.4, -0.2) is 17.0 Å². The van der Waals surface area contributed by atoms with Crippen molar-refractivity contribution in [3.8, 4) is 11.4 Å². The molecule has 0 amide bonds. The van der Waals surface area contributed by atoms with Crippen LogP contribution in [0.25, 0.3) is 11.4 Å². The van der Waals surface area contributed by atoms with Crippen LogP contribution in [0, 0.1) is 0 Å². The minimum Gasteiger partial charge on any atom is -0.373 e. The third-order valence-electron chi connectivity index (χ3n) is 3.85. The lowest BCUT2D eigenvalue weighted by Crippen LogP contribution is -2.06. The van der Waals surface area contributed by atoms with Crippen molar-refractivity contribution in [3.05, 3.63) is 39.0 Å². The van der Waals surface area contributed by atoms with E-state index in [4.69, 9.17) is 21.6 Å². The number of aryl methyl sites for hydroxylation is 1. The molecule has 0 unspecified atom stereocenters. The molecule has 1 aliphatic carbocycles. The average Bonchev–Trinajstić information content (AvgIpc) is 2.74. The predicted molar refractivity (Wildman–Crippen MR) is 91.0 cm³/mol. The van der Waals surface area contributed by atoms with Gasteiger partial charge in [-0.3, -0.25) is 0 Å². The van der Waals surface area contributed by atoms with Crippen molar-refractivity contribution in [1.29, 1.82) is 0 Å². The van der Waals surface area contributed by atoms with Crippen LogP contribution in [0.5, 0.6) is 0 Å². The van der Waals surface area contributed by atoms with E-state index in [9.17, 15) is 0 Å². The van der Waals surface area contributed by atoms with Crippen LogP contribution in [0.3, 0.4) is 0 Å². The van der Waals surface area contributed by atoms with Gasteiger partial charge in [-0.2, -0.15) is 0 Å². The van der Waals surface area contributed by atoms with Crippen LogP contribution in [0.15, 0.2) is 22.7 Å². The largest absolute Gasteiger partial charge is 0.373 e. The van der Waals surface area contributed by atoms with E-state index in [1.807, 2.05) is 25.2 Å². The van der Waals surface area contributed by atoms with Gasteiger partial charge in [0.1, 0.15) is 5.82 Å². The Morgan fingerprint density at radius 3 is 2.71 bits per heavy atom. The number of anilines is 1. The molecule has 0 spiro atoms. The first-order chi connectivity index (χ1) is 10.2. The first-order valence-electron chi connectivity index (χ1n) is 7.22. The Morgan fingerprint density at radius 1 is 1.14 bits per heavy atom. The highest BCUT2D eigenvalue weighted by Crippen LogP contribution is 2.30. The van der Waals surface area contributed by atoms with Crippen LogP contribution >= 0.6 is 27.5 Å². The molecule has 0 fully saturated rings. The van der Waals surface area contributed by atoms with Crippen molar-refractivity contribution >= 4 is 33.3 Å². The molecule has 0 saturated heterocycles. The van der Waals surface area contributed by atoms with Crippen LogP contribution in [0.4, 0.5) is 5.82 Å². The van der Waals surface area contributed by atoms with Gasteiger partial charge in [-0.05, 0) is 59.8 Å². The molecule has 0 saturated carbocycles. The fourth-order valence-electron chi connectivity index (χ4n) is 2.74. The third-order valence-corrected chi connectivity index (χ3v) is 5.06. The van der Waals surface area contributed by atoms with Crippen LogP contribution in [0.1, 0.15) is 30.5 Å². The Morgan fingerprint density at radius 2 is 1.95 bits per heavy atom. The molecule has 1 aromatic heterocycles. The molecule has 21 heavy (non-hydrogen) atoms. The van der Waals surface area contributed by atoms with Crippen LogP contribution in [0.2, 0.25) is 5.02 Å². The van der Waals surface area contributed by atoms with Gasteiger partial charge in [0.05, 0.1) is 5.02 Å². The maximum Gasteiger partial charge on any atom is 0.161 e. The van der Waals surface area contributed by atoms with Crippen molar-refractivity contribution in [2.24, 2.45) is 0 Å². The standard InChI is InChI=1S/C16H17BrClN3/c1-19-16-11-5-3-2-4-6-14(11)20-15(21-16)10-7-8-13(18)12(17)9-10/h7-9H,2-6H2,1H3,(H,19,20,21). The molecule has 3 rings (SSSR count). The lowest BCUT2D eigenvalue weighted by atomic mass is 10.1. The lowest BCUT2D eigenvalue weighted by molar-refractivity contribution is 0.709. The summed E-state index contributed by atoms with van der Waals surface area (Å²) >= 11 is 9.53. The summed E-state index contributed by atoms with van der Waals surface area (Å²) in [4.78, 5) is 9.51. The zero-order chi connectivity index (χ0) is 14.8. The fraction of sp³-hybridized carbons (Fsp3) is 0.375. The van der Waals surface area contributed by atoms with Gasteiger partial charge in [-0.15, -0.1) is 0 Å². The fourth-order valence-corrected chi connectivity index (χ4v) is 3.24. The molecular formula is C16H17BrClN3. The van der Waals surface area contributed by atoms with Gasteiger partial charge >= 0.3 is 0 Å². The smallest absolute Gasteiger partial charge is 0.161 e. The van der Waals surface area contributed by atoms with Crippen LogP contribution < -0.4 is 5.32 Å². The summed E-state index contributed by atoms with van der Waals surface area (Å²) in [5.74, 6) is 1.72. The van der Waals surface area contributed by atoms with Crippen molar-refractivity contribution in [2.45, 2.75) is 32.1 Å². The van der Waals surface area contributed by atoms with Crippen LogP contribution in [-0.2, 0) is 12.8 Å². The second-order valence-corrected chi connectivity index (χ2v) is 6.52. The van der Waals surface area contributed by atoms with Crippen molar-refractivity contribution < 1.29 is 0 Å². The number of rotatable bonds is 2. The highest BCUT2D eigenvalue weighted by Gasteiger charge is 2.17. The molecular weight excluding hydrogens is 350 g/mol. The molecule has 110 valence electrons. The summed E-state index contributed by atoms with van der Waals surface area (Å²) in [6, 6.07) is 5.81. The van der Waals surface area contributed by atoms with E-state index in [0.717, 1.165) is 34.5 Å². The van der Waals surface area contributed by atoms with Crippen molar-refractivity contribution in [1.82, 2.24) is 9.97 Å². The molecule has 0 aliphatic heterocycles. The summed E-state index contributed by atoms with van der Waals surface area (Å²) in [6.07, 6.45) is 5.79. The SMILES string of the molecule is CNc1nc(-c2ccc(Cl)c(Br)c2)nc2c1CCCCC2. The molecule has 1 N–H and O–H groups in total. The number of fused-ring (bicyclic) bond motifs is 1. The minimum atomic E-state index is 0.697. The van der Waals surface area contributed by atoms with E-state index in [2.05, 4.69) is 21.2 Å². The summed E-state index contributed by atoms with van der Waals surface area (Å²) in [6.45, 7) is 0. The maximum atomic E-state index is 6.06. The Balaban J connectivity index is 2.10. The average molecular weight is 367 g/mol. The first-order valence-corrected chi connectivity index (χ1v) is 8.39. The van der Waals surface area contributed by atoms with Crippen molar-refractivity contribution in [2.75, 3.05) is 12.4 Å². The van der Waals surface area contributed by atoms with Crippen molar-refractivity contribution in [3.63, 3.8) is 0 Å². The lowest BCUT2D eigenvalue weighted by Gasteiger charge is -2.13. The highest BCUT2D eigenvalue weighted by molar-refractivity contribution is 9.10. The number of aromatic nitrogens is 2. The summed E-state index contributed by atoms with van der Waals surface area (Å²) in [5, 5.41) is 3.93. The van der Waals surface area contributed by atoms with Gasteiger partial charge in [-0.25, -0.2) is 9.97 Å². The van der Waals surface area contributed by atoms with E-state index in [0.29, 0.717) is 5.02 Å². The van der Waals surface area contributed by atoms with E-state index < -0.39 is 0 Å². The van der Waals surface area contributed by atoms with E-state index >= 15 is 0 Å². The van der Waals surface area contributed by atoms with Gasteiger partial charge in [0.25, 0.3) is 0 Å². The summed E-state index contributed by atoms with van der Waals surface area (Å²) in [7, 11) is 1.93. The predicted octanol–water partition coefficient (Wildman–Crippen LogP) is 4.87. The molecule has 3 nitrogen and oxygen atoms in total. The zero-order valence-corrected chi connectivity index (χ0v) is 14.3. The Hall–Kier alpha value is -1.13. The number of hydrogen-bond acceptors (Lipinski definition) is 3. The first kappa shape index (κ1) is 14.8. The minimum absolute atomic E-state index is 0.697. The summed E-state index contributed by atoms with van der Waals surface area (Å²) in [5.41, 5.74) is 3.45. The highest BCUT2D eigenvalue weighted by atomic mass is 79.9. The second-order valence-electron chi connectivity index (χ2n) is 5.26. The van der Waals surface area contributed by atoms with E-state index in [1.165, 1.54) is 30.5 Å². The molecule has 1 aliphatic rings. The maximum absolute atomic E-state index is 6.06. The topological polar surface area (TPSA) is 37.8 Å². The molecule has 1 heterocycles. The molecule has 0 bridgehead atoms. The third kappa shape index (κ3) is 3.06.